The number of benzene rings is 1. The highest BCUT2D eigenvalue weighted by Gasteiger charge is 2.08. The molecule has 2 atom stereocenters. The number of nitrogens with one attached hydrogen (secondary N) is 1. The van der Waals surface area contributed by atoms with Crippen molar-refractivity contribution in [3.05, 3.63) is 35.9 Å². The molecule has 18 heavy (non-hydrogen) atoms. The van der Waals surface area contributed by atoms with Crippen molar-refractivity contribution in [2.24, 2.45) is 0 Å². The van der Waals surface area contributed by atoms with E-state index in [1.54, 1.807) is 6.26 Å². The number of anilines is 1. The molecule has 1 aromatic heterocycles. The van der Waals surface area contributed by atoms with E-state index in [-0.39, 0.29) is 5.25 Å². The van der Waals surface area contributed by atoms with Gasteiger partial charge in [-0.2, -0.15) is 0 Å². The highest BCUT2D eigenvalue weighted by Crippen LogP contribution is 2.19. The monoisotopic (exact) mass is 262 g/mol. The van der Waals surface area contributed by atoms with Crippen molar-refractivity contribution >= 4 is 27.5 Å². The van der Waals surface area contributed by atoms with Crippen LogP contribution in [0, 0.1) is 6.92 Å². The van der Waals surface area contributed by atoms with Crippen LogP contribution in [0.15, 0.2) is 30.3 Å². The zero-order valence-electron chi connectivity index (χ0n) is 10.9. The maximum Gasteiger partial charge on any atom is 0.129 e. The molecule has 3 nitrogen and oxygen atoms in total. The molecule has 2 unspecified atom stereocenters. The number of pyridine rings is 1. The van der Waals surface area contributed by atoms with E-state index in [0.717, 1.165) is 22.3 Å². The zero-order chi connectivity index (χ0) is 13.1. The Balaban J connectivity index is 2.23. The van der Waals surface area contributed by atoms with E-state index in [4.69, 9.17) is 0 Å². The van der Waals surface area contributed by atoms with Gasteiger partial charge in [0.15, 0.2) is 0 Å². The van der Waals surface area contributed by atoms with Crippen LogP contribution < -0.4 is 5.32 Å². The highest BCUT2D eigenvalue weighted by molar-refractivity contribution is 7.84. The fourth-order valence-corrected chi connectivity index (χ4v) is 2.08. The number of aryl methyl sites for hydroxylation is 1. The average Bonchev–Trinajstić information content (AvgIpc) is 2.35. The lowest BCUT2D eigenvalue weighted by Gasteiger charge is -2.13. The van der Waals surface area contributed by atoms with Crippen LogP contribution in [-0.2, 0) is 10.8 Å². The lowest BCUT2D eigenvalue weighted by molar-refractivity contribution is 0.679. The Morgan fingerprint density at radius 2 is 2.11 bits per heavy atom. The fraction of sp³-hybridized carbons (Fsp3) is 0.357. The number of hydrogen-bond acceptors (Lipinski definition) is 3. The SMILES string of the molecule is Cc1cc2ccccc2nc1NCC(C)S(C)=O. The second kappa shape index (κ2) is 5.48. The number of aromatic nitrogens is 1. The molecule has 0 saturated carbocycles. The molecule has 1 aromatic carbocycles. The Morgan fingerprint density at radius 3 is 2.83 bits per heavy atom. The fourth-order valence-electron chi connectivity index (χ4n) is 1.76. The summed E-state index contributed by atoms with van der Waals surface area (Å²) in [5.74, 6) is 0.881. The van der Waals surface area contributed by atoms with Gasteiger partial charge in [0.25, 0.3) is 0 Å². The van der Waals surface area contributed by atoms with Gasteiger partial charge in [0.05, 0.1) is 5.52 Å². The highest BCUT2D eigenvalue weighted by atomic mass is 32.2. The summed E-state index contributed by atoms with van der Waals surface area (Å²) in [5, 5.41) is 4.55. The third-order valence-corrected chi connectivity index (χ3v) is 4.34. The van der Waals surface area contributed by atoms with Crippen LogP contribution in [-0.4, -0.2) is 27.2 Å². The minimum absolute atomic E-state index is 0.123. The average molecular weight is 262 g/mol. The first-order valence-electron chi connectivity index (χ1n) is 6.00. The van der Waals surface area contributed by atoms with Crippen molar-refractivity contribution in [1.82, 2.24) is 4.98 Å². The Kier molecular flexibility index (Phi) is 3.97. The Bertz CT molecular complexity index is 583. The molecule has 96 valence electrons. The van der Waals surface area contributed by atoms with Crippen LogP contribution in [0.1, 0.15) is 12.5 Å². The predicted octanol–water partition coefficient (Wildman–Crippen LogP) is 2.72. The zero-order valence-corrected chi connectivity index (χ0v) is 11.8. The van der Waals surface area contributed by atoms with Crippen molar-refractivity contribution < 1.29 is 4.21 Å². The molecule has 2 rings (SSSR count). The normalized spacial score (nSPS) is 14.4. The van der Waals surface area contributed by atoms with E-state index in [2.05, 4.69) is 22.4 Å². The van der Waals surface area contributed by atoms with Crippen molar-refractivity contribution in [2.75, 3.05) is 18.1 Å². The number of fused-ring (bicyclic) bond motifs is 1. The van der Waals surface area contributed by atoms with Crippen LogP contribution >= 0.6 is 0 Å². The van der Waals surface area contributed by atoms with Crippen LogP contribution in [0.5, 0.6) is 0 Å². The molecule has 0 fully saturated rings. The van der Waals surface area contributed by atoms with Crippen LogP contribution in [0.4, 0.5) is 5.82 Å². The van der Waals surface area contributed by atoms with E-state index >= 15 is 0 Å². The maximum atomic E-state index is 11.3. The van der Waals surface area contributed by atoms with Crippen molar-refractivity contribution in [3.8, 4) is 0 Å². The summed E-state index contributed by atoms with van der Waals surface area (Å²) in [4.78, 5) is 4.60. The van der Waals surface area contributed by atoms with Crippen molar-refractivity contribution in [1.29, 1.82) is 0 Å². The molecular weight excluding hydrogens is 244 g/mol. The Hall–Kier alpha value is -1.42. The standard InChI is InChI=1S/C14H18N2OS/c1-10-8-12-6-4-5-7-13(12)16-14(10)15-9-11(2)18(3)17/h4-8,11H,9H2,1-3H3,(H,15,16). The molecule has 0 radical (unpaired) electrons. The molecule has 2 aromatic rings. The van der Waals surface area contributed by atoms with Crippen molar-refractivity contribution in [3.63, 3.8) is 0 Å². The topological polar surface area (TPSA) is 42.0 Å². The third kappa shape index (κ3) is 2.88. The first kappa shape index (κ1) is 13.0. The second-order valence-corrected chi connectivity index (χ2v) is 6.34. The van der Waals surface area contributed by atoms with Gasteiger partial charge in [-0.3, -0.25) is 4.21 Å². The molecule has 0 aliphatic rings. The van der Waals surface area contributed by atoms with E-state index in [1.165, 1.54) is 0 Å². The first-order chi connectivity index (χ1) is 8.58. The van der Waals surface area contributed by atoms with Gasteiger partial charge in [-0.25, -0.2) is 4.98 Å². The Labute approximate surface area is 110 Å². The van der Waals surface area contributed by atoms with E-state index < -0.39 is 10.8 Å². The number of hydrogen-bond donors (Lipinski definition) is 1. The summed E-state index contributed by atoms with van der Waals surface area (Å²) in [5.41, 5.74) is 2.10. The molecule has 0 aliphatic carbocycles. The van der Waals surface area contributed by atoms with Gasteiger partial charge in [-0.05, 0) is 31.5 Å². The van der Waals surface area contributed by atoms with Gasteiger partial charge < -0.3 is 5.32 Å². The van der Waals surface area contributed by atoms with E-state index in [9.17, 15) is 4.21 Å². The van der Waals surface area contributed by atoms with E-state index in [1.807, 2.05) is 32.0 Å². The summed E-state index contributed by atoms with van der Waals surface area (Å²) < 4.78 is 11.3. The van der Waals surface area contributed by atoms with Crippen LogP contribution in [0.3, 0.4) is 0 Å². The van der Waals surface area contributed by atoms with Crippen LogP contribution in [0.2, 0.25) is 0 Å². The summed E-state index contributed by atoms with van der Waals surface area (Å²) in [6, 6.07) is 10.2. The van der Waals surface area contributed by atoms with Crippen LogP contribution in [0.25, 0.3) is 10.9 Å². The Morgan fingerprint density at radius 1 is 1.39 bits per heavy atom. The summed E-state index contributed by atoms with van der Waals surface area (Å²) in [6.07, 6.45) is 1.73. The van der Waals surface area contributed by atoms with E-state index in [0.29, 0.717) is 6.54 Å². The lowest BCUT2D eigenvalue weighted by Crippen LogP contribution is -2.21. The van der Waals surface area contributed by atoms with Gasteiger partial charge in [0, 0.05) is 34.2 Å². The molecule has 1 N–H and O–H groups in total. The van der Waals surface area contributed by atoms with Gasteiger partial charge in [-0.15, -0.1) is 0 Å². The van der Waals surface area contributed by atoms with Gasteiger partial charge in [-0.1, -0.05) is 18.2 Å². The molecule has 0 aliphatic heterocycles. The summed E-state index contributed by atoms with van der Waals surface area (Å²) in [6.45, 7) is 4.68. The van der Waals surface area contributed by atoms with Gasteiger partial charge >= 0.3 is 0 Å². The second-order valence-electron chi connectivity index (χ2n) is 4.54. The van der Waals surface area contributed by atoms with Crippen molar-refractivity contribution in [2.45, 2.75) is 19.1 Å². The molecule has 0 spiro atoms. The largest absolute Gasteiger partial charge is 0.369 e. The molecule has 0 saturated heterocycles. The lowest BCUT2D eigenvalue weighted by atomic mass is 10.1. The smallest absolute Gasteiger partial charge is 0.129 e. The summed E-state index contributed by atoms with van der Waals surface area (Å²) >= 11 is 0. The molecule has 4 heteroatoms. The van der Waals surface area contributed by atoms with Gasteiger partial charge in [0.2, 0.25) is 0 Å². The maximum absolute atomic E-state index is 11.3. The minimum atomic E-state index is -0.808. The number of nitrogens with zero attached hydrogens (tertiary/aromatic N) is 1. The minimum Gasteiger partial charge on any atom is -0.369 e. The number of para-hydroxylation sites is 1. The molecule has 0 amide bonds. The number of rotatable bonds is 4. The first-order valence-corrected chi connectivity index (χ1v) is 7.62. The third-order valence-electron chi connectivity index (χ3n) is 3.04. The van der Waals surface area contributed by atoms with Gasteiger partial charge in [0.1, 0.15) is 5.82 Å². The predicted molar refractivity (Wildman–Crippen MR) is 78.5 cm³/mol. The molecule has 0 bridgehead atoms. The molecular formula is C14H18N2OS. The molecule has 1 heterocycles. The summed E-state index contributed by atoms with van der Waals surface area (Å²) in [7, 11) is -0.808. The quantitative estimate of drug-likeness (QED) is 0.921.